The van der Waals surface area contributed by atoms with Crippen molar-refractivity contribution in [2.45, 2.75) is 18.9 Å². The van der Waals surface area contributed by atoms with Crippen molar-refractivity contribution in [3.8, 4) is 0 Å². The lowest BCUT2D eigenvalue weighted by Gasteiger charge is -1.99. The van der Waals surface area contributed by atoms with Crippen LogP contribution in [0.1, 0.15) is 12.8 Å². The first-order valence-corrected chi connectivity index (χ1v) is 3.19. The van der Waals surface area contributed by atoms with E-state index in [1.807, 2.05) is 0 Å². The monoisotopic (exact) mass is 158 g/mol. The zero-order valence-electron chi connectivity index (χ0n) is 5.95. The van der Waals surface area contributed by atoms with E-state index in [-0.39, 0.29) is 6.04 Å². The van der Waals surface area contributed by atoms with Crippen molar-refractivity contribution < 1.29 is 9.90 Å². The predicted molar refractivity (Wildman–Crippen MR) is 38.1 cm³/mol. The number of nitrogens with one attached hydrogen (secondary N) is 2. The summed E-state index contributed by atoms with van der Waals surface area (Å²) in [5.74, 6) is -0.720. The van der Waals surface area contributed by atoms with Crippen LogP contribution in [0.2, 0.25) is 0 Å². The zero-order valence-corrected chi connectivity index (χ0v) is 5.95. The molecule has 1 atom stereocenters. The molecule has 1 saturated heterocycles. The molecule has 62 valence electrons. The molecule has 6 heteroatoms. The Morgan fingerprint density at radius 3 is 2.55 bits per heavy atom. The second-order valence-corrected chi connectivity index (χ2v) is 2.09. The summed E-state index contributed by atoms with van der Waals surface area (Å²) < 4.78 is 0. The molecule has 0 aliphatic carbocycles. The van der Waals surface area contributed by atoms with E-state index in [2.05, 4.69) is 5.32 Å². The lowest BCUT2D eigenvalue weighted by molar-refractivity contribution is -0.139. The summed E-state index contributed by atoms with van der Waals surface area (Å²) in [5, 5.41) is 11.2. The van der Waals surface area contributed by atoms with Crippen LogP contribution in [-0.4, -0.2) is 23.7 Å². The van der Waals surface area contributed by atoms with E-state index in [4.69, 9.17) is 16.2 Å². The summed E-state index contributed by atoms with van der Waals surface area (Å²) >= 11 is 0. The Morgan fingerprint density at radius 1 is 1.82 bits per heavy atom. The minimum absolute atomic E-state index is 0.269. The molecule has 0 bridgehead atoms. The van der Waals surface area contributed by atoms with Crippen LogP contribution in [-0.2, 0) is 4.79 Å². The Balaban J connectivity index is 0.000000292. The van der Waals surface area contributed by atoms with Gasteiger partial charge in [-0.25, -0.2) is 0 Å². The maximum Gasteiger partial charge on any atom is 0.320 e. The molecule has 3 N–H and O–H groups in total. The largest absolute Gasteiger partial charge is 0.480 e. The first kappa shape index (κ1) is 9.74. The van der Waals surface area contributed by atoms with Crippen LogP contribution in [0.5, 0.6) is 0 Å². The zero-order chi connectivity index (χ0) is 8.69. The smallest absolute Gasteiger partial charge is 0.320 e. The van der Waals surface area contributed by atoms with Crippen molar-refractivity contribution in [2.75, 3.05) is 6.54 Å². The van der Waals surface area contributed by atoms with E-state index in [0.29, 0.717) is 0 Å². The van der Waals surface area contributed by atoms with Crippen LogP contribution in [0, 0.1) is 5.53 Å². The Hall–Kier alpha value is -1.26. The average molecular weight is 158 g/mol. The van der Waals surface area contributed by atoms with Gasteiger partial charge in [0.25, 0.3) is 0 Å². The molecule has 0 amide bonds. The summed E-state index contributed by atoms with van der Waals surface area (Å²) in [5.41, 5.74) is 12.2. The van der Waals surface area contributed by atoms with Crippen LogP contribution >= 0.6 is 0 Å². The number of carboxylic acids is 1. The summed E-state index contributed by atoms with van der Waals surface area (Å²) in [6, 6.07) is -0.269. The number of hydrogen-bond donors (Lipinski definition) is 3. The molecule has 11 heavy (non-hydrogen) atoms. The lowest BCUT2D eigenvalue weighted by Crippen LogP contribution is -2.29. The van der Waals surface area contributed by atoms with Gasteiger partial charge in [0, 0.05) is 0 Å². The number of carbonyl (C=O) groups is 1. The van der Waals surface area contributed by atoms with Crippen molar-refractivity contribution in [1.82, 2.24) is 5.32 Å². The third-order valence-electron chi connectivity index (χ3n) is 1.36. The fraction of sp³-hybridized carbons (Fsp3) is 0.800. The third-order valence-corrected chi connectivity index (χ3v) is 1.36. The fourth-order valence-electron chi connectivity index (χ4n) is 0.895. The molecule has 1 aliphatic heterocycles. The minimum Gasteiger partial charge on any atom is -0.480 e. The molecule has 0 radical (unpaired) electrons. The van der Waals surface area contributed by atoms with Gasteiger partial charge >= 0.3 is 5.97 Å². The molecule has 0 saturated carbocycles. The Kier molecular flexibility index (Phi) is 4.89. The summed E-state index contributed by atoms with van der Waals surface area (Å²) in [7, 11) is 0. The number of rotatable bonds is 1. The van der Waals surface area contributed by atoms with Crippen LogP contribution in [0.25, 0.3) is 10.4 Å². The van der Waals surface area contributed by atoms with E-state index in [0.717, 1.165) is 19.4 Å². The highest BCUT2D eigenvalue weighted by Gasteiger charge is 2.20. The summed E-state index contributed by atoms with van der Waals surface area (Å²) in [4.78, 5) is 11.9. The van der Waals surface area contributed by atoms with Gasteiger partial charge in [0.15, 0.2) is 0 Å². The lowest BCUT2D eigenvalue weighted by atomic mass is 10.2. The predicted octanol–water partition coefficient (Wildman–Crippen LogP) is 0.698. The molecule has 1 heterocycles. The van der Waals surface area contributed by atoms with Gasteiger partial charge in [0.1, 0.15) is 6.04 Å². The van der Waals surface area contributed by atoms with E-state index in [1.165, 1.54) is 0 Å². The summed E-state index contributed by atoms with van der Waals surface area (Å²) in [6.07, 6.45) is 1.78. The summed E-state index contributed by atoms with van der Waals surface area (Å²) in [6.45, 7) is 0.858. The Bertz CT molecular complexity index is 158. The highest BCUT2D eigenvalue weighted by Crippen LogP contribution is 2.03. The maximum atomic E-state index is 10.1. The molecular weight excluding hydrogens is 148 g/mol. The minimum atomic E-state index is -0.720. The molecule has 1 rings (SSSR count). The number of carboxylic acid groups (broad SMARTS) is 1. The molecule has 0 unspecified atom stereocenters. The molecule has 0 spiro atoms. The van der Waals surface area contributed by atoms with Crippen molar-refractivity contribution >= 4 is 5.97 Å². The van der Waals surface area contributed by atoms with Gasteiger partial charge in [-0.3, -0.25) is 4.79 Å². The molecular formula is C5H10N4O2. The van der Waals surface area contributed by atoms with Gasteiger partial charge in [-0.2, -0.15) is 0 Å². The van der Waals surface area contributed by atoms with Gasteiger partial charge in [-0.1, -0.05) is 0 Å². The second kappa shape index (κ2) is 5.52. The quantitative estimate of drug-likeness (QED) is 0.296. The van der Waals surface area contributed by atoms with Crippen LogP contribution < -0.4 is 5.32 Å². The van der Waals surface area contributed by atoms with Crippen LogP contribution in [0.3, 0.4) is 0 Å². The van der Waals surface area contributed by atoms with E-state index in [9.17, 15) is 4.79 Å². The fourth-order valence-corrected chi connectivity index (χ4v) is 0.895. The van der Waals surface area contributed by atoms with E-state index in [1.54, 1.807) is 4.91 Å². The van der Waals surface area contributed by atoms with Gasteiger partial charge in [-0.15, -0.1) is 5.53 Å². The Morgan fingerprint density at radius 2 is 2.36 bits per heavy atom. The second-order valence-electron chi connectivity index (χ2n) is 2.09. The van der Waals surface area contributed by atoms with E-state index < -0.39 is 5.97 Å². The topological polar surface area (TPSA) is 110 Å². The van der Waals surface area contributed by atoms with Crippen molar-refractivity contribution in [1.29, 1.82) is 5.53 Å². The molecule has 1 fully saturated rings. The van der Waals surface area contributed by atoms with Crippen molar-refractivity contribution in [3.63, 3.8) is 0 Å². The van der Waals surface area contributed by atoms with E-state index >= 15 is 0 Å². The van der Waals surface area contributed by atoms with Crippen LogP contribution in [0.15, 0.2) is 0 Å². The normalized spacial score (nSPS) is 21.3. The highest BCUT2D eigenvalue weighted by atomic mass is 16.4. The Labute approximate surface area is 63.6 Å². The standard InChI is InChI=1S/C5H9NO2.HN3/c7-5(8)4-2-1-3-6-4;1-3-2/h4,6H,1-3H2,(H,7,8);1H/t4-;/m0./s1. The van der Waals surface area contributed by atoms with Gasteiger partial charge in [-0.05, 0) is 29.8 Å². The molecule has 0 aromatic carbocycles. The first-order valence-electron chi connectivity index (χ1n) is 3.19. The molecule has 0 aromatic rings. The van der Waals surface area contributed by atoms with Crippen molar-refractivity contribution in [3.05, 3.63) is 10.4 Å². The number of aliphatic carboxylic acids is 1. The van der Waals surface area contributed by atoms with Crippen molar-refractivity contribution in [2.24, 2.45) is 0 Å². The third kappa shape index (κ3) is 4.19. The molecule has 0 aromatic heterocycles. The average Bonchev–Trinajstić information content (AvgIpc) is 2.38. The van der Waals surface area contributed by atoms with Gasteiger partial charge < -0.3 is 10.4 Å². The highest BCUT2D eigenvalue weighted by molar-refractivity contribution is 5.73. The first-order chi connectivity index (χ1) is 5.22. The molecule has 1 aliphatic rings. The number of hydrogen-bond acceptors (Lipinski definition) is 3. The van der Waals surface area contributed by atoms with Gasteiger partial charge in [0.05, 0.1) is 0 Å². The number of nitrogens with zero attached hydrogens (tertiary/aromatic N) is 2. The molecule has 6 nitrogen and oxygen atoms in total. The van der Waals surface area contributed by atoms with Crippen LogP contribution in [0.4, 0.5) is 0 Å². The maximum absolute atomic E-state index is 10.1. The SMILES string of the molecule is O=C(O)[C@@H]1CCCN1.[N-]=[N+]=N. The van der Waals surface area contributed by atoms with Gasteiger partial charge in [0.2, 0.25) is 0 Å².